The van der Waals surface area contributed by atoms with Crippen LogP contribution in [-0.2, 0) is 10.8 Å². The van der Waals surface area contributed by atoms with Crippen LogP contribution in [-0.4, -0.2) is 34.5 Å². The molecule has 0 saturated carbocycles. The molecule has 1 N–H and O–H groups in total. The highest BCUT2D eigenvalue weighted by molar-refractivity contribution is 7.85. The highest BCUT2D eigenvalue weighted by Gasteiger charge is 2.28. The van der Waals surface area contributed by atoms with Gasteiger partial charge in [0.25, 0.3) is 0 Å². The summed E-state index contributed by atoms with van der Waals surface area (Å²) in [5.41, 5.74) is 0. The molecule has 0 atom stereocenters. The molecule has 1 rings (SSSR count). The molecule has 2 nitrogen and oxygen atoms in total. The Labute approximate surface area is 77.3 Å². The van der Waals surface area contributed by atoms with Gasteiger partial charge < -0.3 is 5.32 Å². The largest absolute Gasteiger partial charge is 0.401 e. The molecule has 1 aliphatic rings. The average Bonchev–Trinajstić information content (AvgIpc) is 2.02. The summed E-state index contributed by atoms with van der Waals surface area (Å²) >= 11 is 0. The van der Waals surface area contributed by atoms with Crippen molar-refractivity contribution in [2.24, 2.45) is 0 Å². The molecule has 1 heterocycles. The van der Waals surface area contributed by atoms with E-state index in [2.05, 4.69) is 5.32 Å². The normalized spacial score (nSPS) is 30.4. The number of hydrogen-bond acceptors (Lipinski definition) is 2. The van der Waals surface area contributed by atoms with Gasteiger partial charge in [-0.3, -0.25) is 4.21 Å². The zero-order valence-corrected chi connectivity index (χ0v) is 7.88. The molecule has 1 saturated heterocycles. The van der Waals surface area contributed by atoms with Crippen LogP contribution in [0.5, 0.6) is 0 Å². The molecule has 0 spiro atoms. The zero-order chi connectivity index (χ0) is 9.90. The lowest BCUT2D eigenvalue weighted by Crippen LogP contribution is -2.40. The van der Waals surface area contributed by atoms with Crippen LogP contribution >= 0.6 is 0 Å². The van der Waals surface area contributed by atoms with Gasteiger partial charge in [0.2, 0.25) is 0 Å². The van der Waals surface area contributed by atoms with E-state index in [0.717, 1.165) is 0 Å². The molecule has 1 aliphatic heterocycles. The lowest BCUT2D eigenvalue weighted by Gasteiger charge is -2.23. The van der Waals surface area contributed by atoms with Gasteiger partial charge in [0.05, 0.1) is 6.54 Å². The maximum atomic E-state index is 11.8. The first-order valence-corrected chi connectivity index (χ1v) is 5.61. The van der Waals surface area contributed by atoms with Gasteiger partial charge in [0.15, 0.2) is 0 Å². The first-order valence-electron chi connectivity index (χ1n) is 4.12. The monoisotopic (exact) mass is 215 g/mol. The van der Waals surface area contributed by atoms with Gasteiger partial charge in [-0.2, -0.15) is 13.2 Å². The molecule has 6 heteroatoms. The van der Waals surface area contributed by atoms with Crippen molar-refractivity contribution in [1.29, 1.82) is 0 Å². The summed E-state index contributed by atoms with van der Waals surface area (Å²) in [5, 5.41) is 2.42. The van der Waals surface area contributed by atoms with E-state index in [1.807, 2.05) is 0 Å². The summed E-state index contributed by atoms with van der Waals surface area (Å²) in [6.07, 6.45) is -2.97. The second-order valence-corrected chi connectivity index (χ2v) is 4.81. The van der Waals surface area contributed by atoms with E-state index < -0.39 is 23.5 Å². The molecule has 0 aromatic heterocycles. The molecule has 0 aromatic carbocycles. The van der Waals surface area contributed by atoms with Gasteiger partial charge >= 0.3 is 6.18 Å². The first kappa shape index (κ1) is 11.0. The standard InChI is InChI=1S/C7H12F3NOS/c8-7(9,10)5-11-6-1-3-13(12)4-2-6/h6,11H,1-5H2. The molecule has 78 valence electrons. The molecule has 0 bridgehead atoms. The number of hydrogen-bond donors (Lipinski definition) is 1. The highest BCUT2D eigenvalue weighted by atomic mass is 32.2. The maximum absolute atomic E-state index is 11.8. The number of nitrogens with one attached hydrogen (secondary N) is 1. The minimum atomic E-state index is -4.14. The Morgan fingerprint density at radius 1 is 1.31 bits per heavy atom. The van der Waals surface area contributed by atoms with Crippen LogP contribution in [0.4, 0.5) is 13.2 Å². The van der Waals surface area contributed by atoms with Gasteiger partial charge in [0.1, 0.15) is 0 Å². The van der Waals surface area contributed by atoms with Crippen molar-refractivity contribution in [2.45, 2.75) is 25.1 Å². The van der Waals surface area contributed by atoms with Crippen LogP contribution in [0.25, 0.3) is 0 Å². The Morgan fingerprint density at radius 3 is 2.31 bits per heavy atom. The zero-order valence-electron chi connectivity index (χ0n) is 7.06. The van der Waals surface area contributed by atoms with E-state index in [-0.39, 0.29) is 6.04 Å². The Balaban J connectivity index is 2.20. The second-order valence-electron chi connectivity index (χ2n) is 3.12. The summed E-state index contributed by atoms with van der Waals surface area (Å²) in [4.78, 5) is 0. The van der Waals surface area contributed by atoms with Crippen LogP contribution in [0.15, 0.2) is 0 Å². The van der Waals surface area contributed by atoms with Gasteiger partial charge in [-0.15, -0.1) is 0 Å². The van der Waals surface area contributed by atoms with E-state index in [9.17, 15) is 17.4 Å². The third-order valence-corrected chi connectivity index (χ3v) is 3.36. The SMILES string of the molecule is O=S1CCC(NCC(F)(F)F)CC1. The Hall–Kier alpha value is -0.100. The van der Waals surface area contributed by atoms with Gasteiger partial charge in [-0.05, 0) is 12.8 Å². The first-order chi connectivity index (χ1) is 5.97. The van der Waals surface area contributed by atoms with E-state index >= 15 is 0 Å². The second kappa shape index (κ2) is 4.41. The molecule has 0 radical (unpaired) electrons. The van der Waals surface area contributed by atoms with Crippen LogP contribution in [0.1, 0.15) is 12.8 Å². The molecule has 0 aliphatic carbocycles. The van der Waals surface area contributed by atoms with Crippen molar-refractivity contribution in [1.82, 2.24) is 5.32 Å². The van der Waals surface area contributed by atoms with Crippen LogP contribution in [0.2, 0.25) is 0 Å². The van der Waals surface area contributed by atoms with Crippen LogP contribution in [0, 0.1) is 0 Å². The molecular weight excluding hydrogens is 203 g/mol. The molecule has 0 unspecified atom stereocenters. The highest BCUT2D eigenvalue weighted by Crippen LogP contribution is 2.15. The van der Waals surface area contributed by atoms with Crippen molar-refractivity contribution in [2.75, 3.05) is 18.1 Å². The van der Waals surface area contributed by atoms with E-state index in [1.54, 1.807) is 0 Å². The minimum Gasteiger partial charge on any atom is -0.306 e. The van der Waals surface area contributed by atoms with Crippen LogP contribution < -0.4 is 5.32 Å². The third kappa shape index (κ3) is 4.61. The average molecular weight is 215 g/mol. The Kier molecular flexibility index (Phi) is 3.73. The summed E-state index contributed by atoms with van der Waals surface area (Å²) in [5.74, 6) is 1.05. The summed E-state index contributed by atoms with van der Waals surface area (Å²) < 4.78 is 46.2. The smallest absolute Gasteiger partial charge is 0.306 e. The van der Waals surface area contributed by atoms with Crippen molar-refractivity contribution >= 4 is 10.8 Å². The van der Waals surface area contributed by atoms with Gasteiger partial charge in [0, 0.05) is 28.3 Å². The van der Waals surface area contributed by atoms with Crippen LogP contribution in [0.3, 0.4) is 0 Å². The van der Waals surface area contributed by atoms with Crippen molar-refractivity contribution in [3.05, 3.63) is 0 Å². The number of rotatable bonds is 2. The summed E-state index contributed by atoms with van der Waals surface area (Å²) in [6.45, 7) is -0.940. The predicted molar refractivity (Wildman–Crippen MR) is 45.0 cm³/mol. The van der Waals surface area contributed by atoms with Crippen molar-refractivity contribution in [3.63, 3.8) is 0 Å². The minimum absolute atomic E-state index is 0.112. The number of halogens is 3. The lowest BCUT2D eigenvalue weighted by molar-refractivity contribution is -0.126. The molecule has 1 fully saturated rings. The lowest BCUT2D eigenvalue weighted by atomic mass is 10.1. The fourth-order valence-corrected chi connectivity index (χ4v) is 2.56. The Morgan fingerprint density at radius 2 is 1.85 bits per heavy atom. The van der Waals surface area contributed by atoms with E-state index in [0.29, 0.717) is 24.3 Å². The Bertz CT molecular complexity index is 185. The molecule has 0 amide bonds. The van der Waals surface area contributed by atoms with E-state index in [4.69, 9.17) is 0 Å². The maximum Gasteiger partial charge on any atom is 0.401 e. The topological polar surface area (TPSA) is 29.1 Å². The van der Waals surface area contributed by atoms with Crippen molar-refractivity contribution < 1.29 is 17.4 Å². The quantitative estimate of drug-likeness (QED) is 0.746. The molecule has 13 heavy (non-hydrogen) atoms. The van der Waals surface area contributed by atoms with Crippen molar-refractivity contribution in [3.8, 4) is 0 Å². The third-order valence-electron chi connectivity index (χ3n) is 1.98. The fraction of sp³-hybridized carbons (Fsp3) is 1.00. The summed E-state index contributed by atoms with van der Waals surface area (Å²) in [6, 6.07) is -0.112. The van der Waals surface area contributed by atoms with Gasteiger partial charge in [-0.1, -0.05) is 0 Å². The molecular formula is C7H12F3NOS. The van der Waals surface area contributed by atoms with Gasteiger partial charge in [-0.25, -0.2) is 0 Å². The fourth-order valence-electron chi connectivity index (χ4n) is 1.26. The number of alkyl halides is 3. The molecule has 0 aromatic rings. The summed E-state index contributed by atoms with van der Waals surface area (Å²) in [7, 11) is -0.807. The predicted octanol–water partition coefficient (Wildman–Crippen LogP) is 1.05. The van der Waals surface area contributed by atoms with E-state index in [1.165, 1.54) is 0 Å².